The largest absolute Gasteiger partial charge is 0.496 e. The van der Waals surface area contributed by atoms with Gasteiger partial charge in [0.25, 0.3) is 0 Å². The molecule has 2 heterocycles. The number of hydrogen-bond acceptors (Lipinski definition) is 5. The highest BCUT2D eigenvalue weighted by Gasteiger charge is 2.39. The minimum Gasteiger partial charge on any atom is -0.496 e. The Morgan fingerprint density at radius 2 is 2.32 bits per heavy atom. The zero-order chi connectivity index (χ0) is 15.9. The quantitative estimate of drug-likeness (QED) is 0.887. The maximum absolute atomic E-state index is 13.6. The van der Waals surface area contributed by atoms with Crippen molar-refractivity contribution in [3.63, 3.8) is 0 Å². The first-order chi connectivity index (χ1) is 10.5. The van der Waals surface area contributed by atoms with E-state index in [2.05, 4.69) is 10.1 Å². The zero-order valence-corrected chi connectivity index (χ0v) is 11.9. The minimum atomic E-state index is -1.07. The van der Waals surface area contributed by atoms with Gasteiger partial charge in [0.05, 0.1) is 7.11 Å². The average molecular weight is 306 g/mol. The van der Waals surface area contributed by atoms with E-state index in [4.69, 9.17) is 10.5 Å². The number of nitrogens with zero attached hydrogens (tertiary/aromatic N) is 3. The molecule has 0 saturated heterocycles. The molecule has 0 bridgehead atoms. The van der Waals surface area contributed by atoms with Crippen molar-refractivity contribution >= 4 is 11.9 Å². The van der Waals surface area contributed by atoms with Crippen LogP contribution < -0.4 is 10.5 Å². The van der Waals surface area contributed by atoms with Gasteiger partial charge in [0.1, 0.15) is 17.4 Å². The number of benzene rings is 1. The van der Waals surface area contributed by atoms with E-state index in [0.717, 1.165) is 0 Å². The highest BCUT2D eigenvalue weighted by atomic mass is 19.1. The Balaban J connectivity index is 2.11. The van der Waals surface area contributed by atoms with Crippen LogP contribution in [0.2, 0.25) is 0 Å². The molecule has 2 aromatic rings. The van der Waals surface area contributed by atoms with Gasteiger partial charge in [-0.3, -0.25) is 0 Å². The van der Waals surface area contributed by atoms with Crippen molar-refractivity contribution in [2.75, 3.05) is 12.8 Å². The third-order valence-corrected chi connectivity index (χ3v) is 3.89. The first-order valence-electron chi connectivity index (χ1n) is 6.78. The van der Waals surface area contributed by atoms with Crippen LogP contribution in [0.5, 0.6) is 5.75 Å². The van der Waals surface area contributed by atoms with Gasteiger partial charge in [-0.15, -0.1) is 5.10 Å². The van der Waals surface area contributed by atoms with Crippen molar-refractivity contribution in [1.82, 2.24) is 14.8 Å². The Morgan fingerprint density at radius 1 is 1.55 bits per heavy atom. The van der Waals surface area contributed by atoms with Crippen molar-refractivity contribution < 1.29 is 19.0 Å². The molecule has 0 aliphatic carbocycles. The van der Waals surface area contributed by atoms with Crippen molar-refractivity contribution in [1.29, 1.82) is 0 Å². The SMILES string of the molecule is COc1ccc(F)cc1C1CCc2nc(N)nn2C1C(=O)O. The van der Waals surface area contributed by atoms with Crippen LogP contribution in [0.3, 0.4) is 0 Å². The van der Waals surface area contributed by atoms with Gasteiger partial charge in [-0.2, -0.15) is 4.98 Å². The lowest BCUT2D eigenvalue weighted by atomic mass is 9.84. The van der Waals surface area contributed by atoms with E-state index in [9.17, 15) is 14.3 Å². The predicted octanol–water partition coefficient (Wildman–Crippen LogP) is 1.36. The van der Waals surface area contributed by atoms with Gasteiger partial charge in [-0.25, -0.2) is 13.9 Å². The third kappa shape index (κ3) is 2.26. The first-order valence-corrected chi connectivity index (χ1v) is 6.78. The number of rotatable bonds is 3. The van der Waals surface area contributed by atoms with Gasteiger partial charge in [0, 0.05) is 17.9 Å². The van der Waals surface area contributed by atoms with Gasteiger partial charge < -0.3 is 15.6 Å². The van der Waals surface area contributed by atoms with Crippen LogP contribution >= 0.6 is 0 Å². The standard InChI is InChI=1S/C14H15FN4O3/c1-22-10-4-2-7(15)6-9(10)8-3-5-11-17-14(16)18-19(11)12(8)13(20)21/h2,4,6,8,12H,3,5H2,1H3,(H2,16,18)(H,20,21). The molecule has 3 rings (SSSR count). The summed E-state index contributed by atoms with van der Waals surface area (Å²) in [7, 11) is 1.47. The lowest BCUT2D eigenvalue weighted by Crippen LogP contribution is -2.32. The van der Waals surface area contributed by atoms with Crippen LogP contribution in [-0.4, -0.2) is 33.0 Å². The number of aromatic nitrogens is 3. The summed E-state index contributed by atoms with van der Waals surface area (Å²) in [6, 6.07) is 3.09. The van der Waals surface area contributed by atoms with Crippen molar-refractivity contribution in [3.8, 4) is 5.75 Å². The number of methoxy groups -OCH3 is 1. The number of halogens is 1. The molecule has 3 N–H and O–H groups in total. The minimum absolute atomic E-state index is 0.0353. The molecule has 7 nitrogen and oxygen atoms in total. The van der Waals surface area contributed by atoms with Gasteiger partial charge >= 0.3 is 5.97 Å². The number of fused-ring (bicyclic) bond motifs is 1. The van der Waals surface area contributed by atoms with Crippen molar-refractivity contribution in [2.24, 2.45) is 0 Å². The van der Waals surface area contributed by atoms with E-state index >= 15 is 0 Å². The van der Waals surface area contributed by atoms with Crippen LogP contribution in [0, 0.1) is 5.82 Å². The number of carbonyl (C=O) groups is 1. The second-order valence-electron chi connectivity index (χ2n) is 5.15. The lowest BCUT2D eigenvalue weighted by molar-refractivity contribution is -0.142. The molecular weight excluding hydrogens is 291 g/mol. The summed E-state index contributed by atoms with van der Waals surface area (Å²) in [6.45, 7) is 0. The second kappa shape index (κ2) is 5.28. The highest BCUT2D eigenvalue weighted by molar-refractivity contribution is 5.74. The van der Waals surface area contributed by atoms with Crippen LogP contribution in [0.15, 0.2) is 18.2 Å². The number of nitrogens with two attached hydrogens (primary N) is 1. The van der Waals surface area contributed by atoms with Gasteiger partial charge in [0.15, 0.2) is 6.04 Å². The molecule has 2 atom stereocenters. The number of aliphatic carboxylic acids is 1. The van der Waals surface area contributed by atoms with E-state index in [-0.39, 0.29) is 5.95 Å². The summed E-state index contributed by atoms with van der Waals surface area (Å²) in [5.74, 6) is -0.971. The first kappa shape index (κ1) is 14.3. The molecule has 1 aliphatic rings. The van der Waals surface area contributed by atoms with Crippen LogP contribution in [0.4, 0.5) is 10.3 Å². The summed E-state index contributed by atoms with van der Waals surface area (Å²) in [5.41, 5.74) is 6.07. The highest BCUT2D eigenvalue weighted by Crippen LogP contribution is 2.41. The van der Waals surface area contributed by atoms with Crippen LogP contribution in [0.1, 0.15) is 29.8 Å². The van der Waals surface area contributed by atoms with Gasteiger partial charge in [0.2, 0.25) is 5.95 Å². The molecule has 0 radical (unpaired) electrons. The summed E-state index contributed by atoms with van der Waals surface area (Å²) in [6.07, 6.45) is 1.01. The van der Waals surface area contributed by atoms with Crippen LogP contribution in [-0.2, 0) is 11.2 Å². The van der Waals surface area contributed by atoms with Gasteiger partial charge in [-0.1, -0.05) is 0 Å². The molecule has 0 fully saturated rings. The maximum Gasteiger partial charge on any atom is 0.329 e. The summed E-state index contributed by atoms with van der Waals surface area (Å²) in [4.78, 5) is 15.8. The predicted molar refractivity (Wildman–Crippen MR) is 75.1 cm³/mol. The van der Waals surface area contributed by atoms with Gasteiger partial charge in [-0.05, 0) is 24.6 Å². The lowest BCUT2D eigenvalue weighted by Gasteiger charge is -2.30. The number of carboxylic acids is 1. The normalized spacial score (nSPS) is 20.5. The summed E-state index contributed by atoms with van der Waals surface area (Å²) < 4.78 is 20.2. The monoisotopic (exact) mass is 306 g/mol. The second-order valence-corrected chi connectivity index (χ2v) is 5.15. The fourth-order valence-electron chi connectivity index (χ4n) is 2.98. The summed E-state index contributed by atoms with van der Waals surface area (Å²) in [5, 5.41) is 13.6. The number of carboxylic acid groups (broad SMARTS) is 1. The van der Waals surface area contributed by atoms with Crippen LogP contribution in [0.25, 0.3) is 0 Å². The number of nitrogen functional groups attached to an aromatic ring is 1. The molecule has 1 aliphatic heterocycles. The third-order valence-electron chi connectivity index (χ3n) is 3.89. The molecule has 0 saturated carbocycles. The average Bonchev–Trinajstić information content (AvgIpc) is 2.85. The molecule has 1 aromatic carbocycles. The Labute approximate surface area is 125 Å². The Morgan fingerprint density at radius 3 is 3.00 bits per heavy atom. The molecule has 22 heavy (non-hydrogen) atoms. The van der Waals surface area contributed by atoms with E-state index in [1.165, 1.54) is 30.0 Å². The smallest absolute Gasteiger partial charge is 0.329 e. The van der Waals surface area contributed by atoms with Crippen molar-refractivity contribution in [3.05, 3.63) is 35.4 Å². The fourth-order valence-corrected chi connectivity index (χ4v) is 2.98. The van der Waals surface area contributed by atoms with E-state index in [0.29, 0.717) is 30.0 Å². The van der Waals surface area contributed by atoms with Crippen molar-refractivity contribution in [2.45, 2.75) is 24.8 Å². The van der Waals surface area contributed by atoms with E-state index in [1.54, 1.807) is 0 Å². The van der Waals surface area contributed by atoms with E-state index in [1.807, 2.05) is 0 Å². The van der Waals surface area contributed by atoms with E-state index < -0.39 is 23.7 Å². The molecular formula is C14H15FN4O3. The summed E-state index contributed by atoms with van der Waals surface area (Å²) >= 11 is 0. The Bertz CT molecular complexity index is 731. The molecule has 2 unspecified atom stereocenters. The molecule has 8 heteroatoms. The molecule has 116 valence electrons. The Kier molecular flexibility index (Phi) is 3.44. The fraction of sp³-hybridized carbons (Fsp3) is 0.357. The maximum atomic E-state index is 13.6. The number of aryl methyl sites for hydroxylation is 1. The zero-order valence-electron chi connectivity index (χ0n) is 11.9. The number of hydrogen-bond donors (Lipinski definition) is 2. The Hall–Kier alpha value is -2.64. The number of ether oxygens (including phenoxy) is 1. The molecule has 0 spiro atoms. The molecule has 1 aromatic heterocycles. The topological polar surface area (TPSA) is 103 Å². The number of anilines is 1. The molecule has 0 amide bonds.